The fourth-order valence-electron chi connectivity index (χ4n) is 3.61. The molecule has 1 fully saturated rings. The van der Waals surface area contributed by atoms with Crippen molar-refractivity contribution >= 4 is 40.8 Å². The minimum Gasteiger partial charge on any atom is -0.497 e. The van der Waals surface area contributed by atoms with Crippen molar-refractivity contribution in [1.82, 2.24) is 5.01 Å². The molecule has 31 heavy (non-hydrogen) atoms. The third-order valence-electron chi connectivity index (χ3n) is 5.81. The second-order valence-corrected chi connectivity index (χ2v) is 9.42. The Morgan fingerprint density at radius 2 is 1.77 bits per heavy atom. The molecule has 2 atom stereocenters. The van der Waals surface area contributed by atoms with Gasteiger partial charge in [0.25, 0.3) is 5.91 Å². The summed E-state index contributed by atoms with van der Waals surface area (Å²) in [5.74, 6) is -0.279. The summed E-state index contributed by atoms with van der Waals surface area (Å²) in [6.07, 6.45) is 0.838. The van der Waals surface area contributed by atoms with Crippen LogP contribution in [0, 0.1) is 5.41 Å². The van der Waals surface area contributed by atoms with Crippen LogP contribution in [0.5, 0.6) is 5.75 Å². The highest BCUT2D eigenvalue weighted by Crippen LogP contribution is 2.64. The predicted octanol–water partition coefficient (Wildman–Crippen LogP) is 4.50. The van der Waals surface area contributed by atoms with Gasteiger partial charge in [-0.1, -0.05) is 42.5 Å². The van der Waals surface area contributed by atoms with E-state index in [0.717, 1.165) is 22.6 Å². The summed E-state index contributed by atoms with van der Waals surface area (Å²) in [6.45, 7) is 1.19. The average molecular weight is 461 g/mol. The normalized spacial score (nSPS) is 23.8. The monoisotopic (exact) mass is 460 g/mol. The minimum absolute atomic E-state index is 0.296. The molecule has 0 unspecified atom stereocenters. The van der Waals surface area contributed by atoms with Crippen molar-refractivity contribution < 1.29 is 19.1 Å². The number of methoxy groups -OCH3 is 1. The highest BCUT2D eigenvalue weighted by atomic mass is 35.5. The van der Waals surface area contributed by atoms with E-state index < -0.39 is 28.2 Å². The SMILES string of the molecule is COc1ccc([C@@H]2CC(c3ccccc3)=NN2C(=O)COC(=O)[C@]2(C)CC2(Cl)Cl)cc1. The van der Waals surface area contributed by atoms with Crippen molar-refractivity contribution in [3.8, 4) is 5.75 Å². The molecule has 1 heterocycles. The molecule has 162 valence electrons. The Hall–Kier alpha value is -2.57. The Morgan fingerprint density at radius 1 is 1.13 bits per heavy atom. The van der Waals surface area contributed by atoms with E-state index in [-0.39, 0.29) is 6.04 Å². The zero-order valence-electron chi connectivity index (χ0n) is 17.2. The van der Waals surface area contributed by atoms with Crippen molar-refractivity contribution in [3.05, 3.63) is 65.7 Å². The van der Waals surface area contributed by atoms with Gasteiger partial charge in [0.1, 0.15) is 15.5 Å². The molecule has 0 saturated heterocycles. The molecule has 0 aromatic heterocycles. The minimum atomic E-state index is -1.15. The summed E-state index contributed by atoms with van der Waals surface area (Å²) in [4.78, 5) is 25.4. The van der Waals surface area contributed by atoms with E-state index in [0.29, 0.717) is 12.8 Å². The second-order valence-electron chi connectivity index (χ2n) is 7.93. The van der Waals surface area contributed by atoms with E-state index in [1.807, 2.05) is 54.6 Å². The summed E-state index contributed by atoms with van der Waals surface area (Å²) in [5, 5.41) is 5.96. The molecule has 0 bridgehead atoms. The molecule has 1 amide bonds. The Morgan fingerprint density at radius 3 is 2.35 bits per heavy atom. The molecule has 1 aliphatic carbocycles. The molecule has 0 N–H and O–H groups in total. The summed E-state index contributed by atoms with van der Waals surface area (Å²) in [7, 11) is 1.60. The van der Waals surface area contributed by atoms with Crippen molar-refractivity contribution in [2.45, 2.75) is 30.1 Å². The Balaban J connectivity index is 1.53. The number of nitrogens with zero attached hydrogens (tertiary/aromatic N) is 2. The molecular weight excluding hydrogens is 439 g/mol. The number of ether oxygens (including phenoxy) is 2. The predicted molar refractivity (Wildman–Crippen MR) is 118 cm³/mol. The number of hydrogen-bond acceptors (Lipinski definition) is 5. The maximum Gasteiger partial charge on any atom is 0.315 e. The fourth-order valence-corrected chi connectivity index (χ4v) is 4.29. The first-order valence-electron chi connectivity index (χ1n) is 9.89. The van der Waals surface area contributed by atoms with Crippen LogP contribution in [-0.4, -0.2) is 40.6 Å². The van der Waals surface area contributed by atoms with Gasteiger partial charge in [0, 0.05) is 12.8 Å². The van der Waals surface area contributed by atoms with E-state index in [2.05, 4.69) is 5.10 Å². The first kappa shape index (κ1) is 21.7. The molecule has 2 aliphatic rings. The Labute approximate surface area is 190 Å². The van der Waals surface area contributed by atoms with Crippen molar-refractivity contribution in [2.75, 3.05) is 13.7 Å². The van der Waals surface area contributed by atoms with Crippen molar-refractivity contribution in [2.24, 2.45) is 10.5 Å². The summed E-state index contributed by atoms with van der Waals surface area (Å²) < 4.78 is 9.33. The van der Waals surface area contributed by atoms with Gasteiger partial charge >= 0.3 is 5.97 Å². The topological polar surface area (TPSA) is 68.2 Å². The van der Waals surface area contributed by atoms with Gasteiger partial charge in [0.2, 0.25) is 0 Å². The van der Waals surface area contributed by atoms with Crippen LogP contribution in [0.4, 0.5) is 0 Å². The largest absolute Gasteiger partial charge is 0.497 e. The molecule has 0 radical (unpaired) electrons. The van der Waals surface area contributed by atoms with Crippen LogP contribution in [0.3, 0.4) is 0 Å². The van der Waals surface area contributed by atoms with Crippen LogP contribution in [-0.2, 0) is 14.3 Å². The van der Waals surface area contributed by atoms with E-state index >= 15 is 0 Å². The smallest absolute Gasteiger partial charge is 0.315 e. The number of halogens is 2. The lowest BCUT2D eigenvalue weighted by Gasteiger charge is -2.22. The van der Waals surface area contributed by atoms with E-state index in [4.69, 9.17) is 32.7 Å². The fraction of sp³-hybridized carbons (Fsp3) is 0.348. The average Bonchev–Trinajstić information content (AvgIpc) is 3.12. The summed E-state index contributed by atoms with van der Waals surface area (Å²) in [6, 6.07) is 16.8. The summed E-state index contributed by atoms with van der Waals surface area (Å²) in [5.41, 5.74) is 1.64. The van der Waals surface area contributed by atoms with Gasteiger partial charge in [-0.05, 0) is 30.2 Å². The van der Waals surface area contributed by atoms with E-state index in [1.165, 1.54) is 5.01 Å². The molecule has 8 heteroatoms. The lowest BCUT2D eigenvalue weighted by Crippen LogP contribution is -2.33. The number of carbonyl (C=O) groups excluding carboxylic acids is 2. The van der Waals surface area contributed by atoms with Crippen LogP contribution >= 0.6 is 23.2 Å². The number of esters is 1. The van der Waals surface area contributed by atoms with Crippen molar-refractivity contribution in [3.63, 3.8) is 0 Å². The van der Waals surface area contributed by atoms with Gasteiger partial charge in [-0.15, -0.1) is 23.2 Å². The Kier molecular flexibility index (Phi) is 5.71. The van der Waals surface area contributed by atoms with Gasteiger partial charge in [-0.3, -0.25) is 9.59 Å². The maximum absolute atomic E-state index is 13.0. The Bertz CT molecular complexity index is 1020. The summed E-state index contributed by atoms with van der Waals surface area (Å²) >= 11 is 12.1. The number of amides is 1. The molecule has 0 spiro atoms. The van der Waals surface area contributed by atoms with Gasteiger partial charge in [0.05, 0.1) is 18.9 Å². The van der Waals surface area contributed by atoms with E-state index in [1.54, 1.807) is 14.0 Å². The standard InChI is InChI=1S/C23H22Cl2N2O4/c1-22(14-23(22,24)25)21(29)31-13-20(28)27-19(16-8-10-17(30-2)11-9-16)12-18(26-27)15-6-4-3-5-7-15/h3-11,19H,12-14H2,1-2H3/t19-,22-/m0/s1. The zero-order valence-corrected chi connectivity index (χ0v) is 18.7. The highest BCUT2D eigenvalue weighted by Gasteiger charge is 2.69. The van der Waals surface area contributed by atoms with Crippen LogP contribution in [0.2, 0.25) is 0 Å². The van der Waals surface area contributed by atoms with Crippen LogP contribution in [0.1, 0.15) is 36.9 Å². The number of alkyl halides is 2. The number of hydrazone groups is 1. The lowest BCUT2D eigenvalue weighted by atomic mass is 9.98. The maximum atomic E-state index is 13.0. The molecular formula is C23H22Cl2N2O4. The first-order valence-corrected chi connectivity index (χ1v) is 10.6. The van der Waals surface area contributed by atoms with Crippen molar-refractivity contribution in [1.29, 1.82) is 0 Å². The van der Waals surface area contributed by atoms with Gasteiger partial charge in [-0.2, -0.15) is 5.10 Å². The highest BCUT2D eigenvalue weighted by molar-refractivity contribution is 6.53. The quantitative estimate of drug-likeness (QED) is 0.469. The number of hydrogen-bond donors (Lipinski definition) is 0. The third kappa shape index (κ3) is 4.14. The van der Waals surface area contributed by atoms with Gasteiger partial charge in [0.15, 0.2) is 6.61 Å². The van der Waals surface area contributed by atoms with E-state index in [9.17, 15) is 9.59 Å². The zero-order chi connectivity index (χ0) is 22.2. The molecule has 2 aromatic carbocycles. The first-order chi connectivity index (χ1) is 14.7. The van der Waals surface area contributed by atoms with Gasteiger partial charge in [-0.25, -0.2) is 5.01 Å². The molecule has 1 saturated carbocycles. The molecule has 2 aromatic rings. The molecule has 4 rings (SSSR count). The lowest BCUT2D eigenvalue weighted by molar-refractivity contribution is -0.157. The van der Waals surface area contributed by atoms with Crippen LogP contribution < -0.4 is 4.74 Å². The number of benzene rings is 2. The van der Waals surface area contributed by atoms with Crippen LogP contribution in [0.25, 0.3) is 0 Å². The van der Waals surface area contributed by atoms with Crippen LogP contribution in [0.15, 0.2) is 59.7 Å². The molecule has 1 aliphatic heterocycles. The molecule has 6 nitrogen and oxygen atoms in total. The van der Waals surface area contributed by atoms with Gasteiger partial charge < -0.3 is 9.47 Å². The third-order valence-corrected chi connectivity index (χ3v) is 6.91. The number of carbonyl (C=O) groups is 2. The second kappa shape index (κ2) is 8.17. The number of rotatable bonds is 6.